The van der Waals surface area contributed by atoms with Gasteiger partial charge in [0.15, 0.2) is 0 Å². The van der Waals surface area contributed by atoms with E-state index in [9.17, 15) is 4.79 Å². The average Bonchev–Trinajstić information content (AvgIpc) is 3.23. The highest BCUT2D eigenvalue weighted by Crippen LogP contribution is 2.31. The number of ether oxygens (including phenoxy) is 2. The van der Waals surface area contributed by atoms with E-state index in [2.05, 4.69) is 40.4 Å². The van der Waals surface area contributed by atoms with E-state index < -0.39 is 0 Å². The fraction of sp³-hybridized carbons (Fsp3) is 0.227. The highest BCUT2D eigenvalue weighted by atomic mass is 16.5. The van der Waals surface area contributed by atoms with Crippen molar-refractivity contribution in [2.75, 3.05) is 19.5 Å². The quantitative estimate of drug-likeness (QED) is 0.636. The van der Waals surface area contributed by atoms with Crippen molar-refractivity contribution in [3.63, 3.8) is 0 Å². The van der Waals surface area contributed by atoms with Crippen LogP contribution in [0.5, 0.6) is 11.5 Å². The van der Waals surface area contributed by atoms with Crippen LogP contribution in [-0.4, -0.2) is 26.2 Å². The van der Waals surface area contributed by atoms with E-state index >= 15 is 0 Å². The normalized spacial score (nSPS) is 18.8. The molecule has 0 spiro atoms. The number of nitrogens with one attached hydrogen (secondary N) is 3. The lowest BCUT2D eigenvalue weighted by Gasteiger charge is -2.15. The highest BCUT2D eigenvalue weighted by molar-refractivity contribution is 5.96. The summed E-state index contributed by atoms with van der Waals surface area (Å²) in [6.07, 6.45) is 0.645. The molecule has 1 heterocycles. The van der Waals surface area contributed by atoms with Gasteiger partial charge in [-0.25, -0.2) is 10.9 Å². The molecule has 1 saturated heterocycles. The molecule has 2 atom stereocenters. The van der Waals surface area contributed by atoms with Gasteiger partial charge in [-0.2, -0.15) is 0 Å². The van der Waals surface area contributed by atoms with Gasteiger partial charge in [-0.15, -0.1) is 0 Å². The van der Waals surface area contributed by atoms with Gasteiger partial charge in [0, 0.05) is 12.1 Å². The van der Waals surface area contributed by atoms with E-state index in [4.69, 9.17) is 9.47 Å². The van der Waals surface area contributed by atoms with Crippen molar-refractivity contribution in [2.24, 2.45) is 0 Å². The number of hydrogen-bond donors (Lipinski definition) is 3. The fourth-order valence-electron chi connectivity index (χ4n) is 3.62. The van der Waals surface area contributed by atoms with Gasteiger partial charge in [-0.1, -0.05) is 42.5 Å². The van der Waals surface area contributed by atoms with E-state index in [1.807, 2.05) is 18.2 Å². The fourth-order valence-corrected chi connectivity index (χ4v) is 3.62. The smallest absolute Gasteiger partial charge is 0.243 e. The standard InChI is InChI=1S/C22H23N3O3/c1-27-15-10-11-21(28-2)19(12-15)23-22(26)20-13-18(24-25-20)17-9-5-7-14-6-3-4-8-16(14)17/h3-12,18,20,24-25H,13H2,1-2H3,(H,23,26). The SMILES string of the molecule is COc1ccc(OC)c(NC(=O)C2CC(c3cccc4ccccc34)NN2)c1. The third-order valence-corrected chi connectivity index (χ3v) is 5.08. The number of amides is 1. The van der Waals surface area contributed by atoms with E-state index in [1.165, 1.54) is 16.3 Å². The van der Waals surface area contributed by atoms with Crippen molar-refractivity contribution in [2.45, 2.75) is 18.5 Å². The first-order valence-corrected chi connectivity index (χ1v) is 9.21. The van der Waals surface area contributed by atoms with Crippen LogP contribution < -0.4 is 25.6 Å². The second kappa shape index (κ2) is 7.88. The Balaban J connectivity index is 1.51. The molecule has 3 aromatic carbocycles. The summed E-state index contributed by atoms with van der Waals surface area (Å²) in [4.78, 5) is 12.8. The number of rotatable bonds is 5. The first kappa shape index (κ1) is 18.3. The molecular weight excluding hydrogens is 354 g/mol. The van der Waals surface area contributed by atoms with Gasteiger partial charge in [0.25, 0.3) is 0 Å². The Morgan fingerprint density at radius 1 is 1.00 bits per heavy atom. The van der Waals surface area contributed by atoms with E-state index in [-0.39, 0.29) is 18.0 Å². The Labute approximate surface area is 163 Å². The van der Waals surface area contributed by atoms with Crippen LogP contribution in [-0.2, 0) is 4.79 Å². The van der Waals surface area contributed by atoms with Crippen LogP contribution in [0.2, 0.25) is 0 Å². The Morgan fingerprint density at radius 2 is 1.82 bits per heavy atom. The van der Waals surface area contributed by atoms with Crippen molar-refractivity contribution in [3.05, 3.63) is 66.2 Å². The maximum Gasteiger partial charge on any atom is 0.243 e. The van der Waals surface area contributed by atoms with Crippen LogP contribution in [0, 0.1) is 0 Å². The molecule has 0 aliphatic carbocycles. The molecule has 0 bridgehead atoms. The zero-order valence-electron chi connectivity index (χ0n) is 15.9. The minimum absolute atomic E-state index is 0.0501. The van der Waals surface area contributed by atoms with Gasteiger partial charge >= 0.3 is 0 Å². The van der Waals surface area contributed by atoms with E-state index in [0.29, 0.717) is 23.6 Å². The van der Waals surface area contributed by atoms with Crippen molar-refractivity contribution >= 4 is 22.4 Å². The summed E-state index contributed by atoms with van der Waals surface area (Å²) in [6, 6.07) is 19.5. The number of fused-ring (bicyclic) bond motifs is 1. The number of anilines is 1. The molecule has 6 nitrogen and oxygen atoms in total. The zero-order chi connectivity index (χ0) is 19.5. The minimum atomic E-state index is -0.361. The summed E-state index contributed by atoms with van der Waals surface area (Å²) in [6.45, 7) is 0. The van der Waals surface area contributed by atoms with E-state index in [1.54, 1.807) is 32.4 Å². The molecule has 1 fully saturated rings. The third kappa shape index (κ3) is 3.52. The highest BCUT2D eigenvalue weighted by Gasteiger charge is 2.31. The number of hydrazine groups is 1. The number of carbonyl (C=O) groups excluding carboxylic acids is 1. The maximum absolute atomic E-state index is 12.8. The lowest BCUT2D eigenvalue weighted by Crippen LogP contribution is -2.39. The van der Waals surface area contributed by atoms with Gasteiger partial charge in [-0.05, 0) is 34.9 Å². The average molecular weight is 377 g/mol. The predicted octanol–water partition coefficient (Wildman–Crippen LogP) is 3.40. The molecule has 28 heavy (non-hydrogen) atoms. The molecule has 144 valence electrons. The van der Waals surface area contributed by atoms with Gasteiger partial charge in [0.05, 0.1) is 19.9 Å². The van der Waals surface area contributed by atoms with Crippen molar-refractivity contribution in [3.8, 4) is 11.5 Å². The molecule has 1 aliphatic heterocycles. The summed E-state index contributed by atoms with van der Waals surface area (Å²) in [5.74, 6) is 1.12. The minimum Gasteiger partial charge on any atom is -0.497 e. The molecule has 4 rings (SSSR count). The summed E-state index contributed by atoms with van der Waals surface area (Å²) in [7, 11) is 3.16. The summed E-state index contributed by atoms with van der Waals surface area (Å²) >= 11 is 0. The van der Waals surface area contributed by atoms with Crippen LogP contribution in [0.4, 0.5) is 5.69 Å². The van der Waals surface area contributed by atoms with Gasteiger partial charge in [-0.3, -0.25) is 4.79 Å². The molecule has 3 N–H and O–H groups in total. The topological polar surface area (TPSA) is 71.6 Å². The monoisotopic (exact) mass is 377 g/mol. The van der Waals surface area contributed by atoms with Crippen molar-refractivity contribution in [1.29, 1.82) is 0 Å². The molecule has 6 heteroatoms. The first-order valence-electron chi connectivity index (χ1n) is 9.21. The third-order valence-electron chi connectivity index (χ3n) is 5.08. The first-order chi connectivity index (χ1) is 13.7. The number of benzene rings is 3. The Morgan fingerprint density at radius 3 is 2.64 bits per heavy atom. The summed E-state index contributed by atoms with van der Waals surface area (Å²) in [5, 5.41) is 5.33. The van der Waals surface area contributed by atoms with Gasteiger partial charge < -0.3 is 14.8 Å². The Bertz CT molecular complexity index is 1000. The lowest BCUT2D eigenvalue weighted by atomic mass is 9.96. The van der Waals surface area contributed by atoms with Gasteiger partial charge in [0.1, 0.15) is 17.5 Å². The van der Waals surface area contributed by atoms with Crippen LogP contribution in [0.15, 0.2) is 60.7 Å². The molecule has 0 saturated carbocycles. The van der Waals surface area contributed by atoms with E-state index in [0.717, 1.165) is 0 Å². The molecule has 0 aromatic heterocycles. The Kier molecular flexibility index (Phi) is 5.14. The molecule has 3 aromatic rings. The van der Waals surface area contributed by atoms with Gasteiger partial charge in [0.2, 0.25) is 5.91 Å². The number of carbonyl (C=O) groups is 1. The number of hydrogen-bond acceptors (Lipinski definition) is 5. The molecule has 2 unspecified atom stereocenters. The molecular formula is C22H23N3O3. The predicted molar refractivity (Wildman–Crippen MR) is 110 cm³/mol. The van der Waals surface area contributed by atoms with Crippen molar-refractivity contribution in [1.82, 2.24) is 10.9 Å². The van der Waals surface area contributed by atoms with Crippen LogP contribution in [0.3, 0.4) is 0 Å². The zero-order valence-corrected chi connectivity index (χ0v) is 15.9. The number of methoxy groups -OCH3 is 2. The van der Waals surface area contributed by atoms with Crippen LogP contribution >= 0.6 is 0 Å². The molecule has 1 amide bonds. The van der Waals surface area contributed by atoms with Crippen LogP contribution in [0.25, 0.3) is 10.8 Å². The summed E-state index contributed by atoms with van der Waals surface area (Å²) in [5.41, 5.74) is 8.15. The molecule has 0 radical (unpaired) electrons. The second-order valence-electron chi connectivity index (χ2n) is 6.75. The van der Waals surface area contributed by atoms with Crippen molar-refractivity contribution < 1.29 is 14.3 Å². The maximum atomic E-state index is 12.8. The second-order valence-corrected chi connectivity index (χ2v) is 6.75. The van der Waals surface area contributed by atoms with Crippen LogP contribution in [0.1, 0.15) is 18.0 Å². The molecule has 1 aliphatic rings. The largest absolute Gasteiger partial charge is 0.497 e. The Hall–Kier alpha value is -3.09. The lowest BCUT2D eigenvalue weighted by molar-refractivity contribution is -0.117. The summed E-state index contributed by atoms with van der Waals surface area (Å²) < 4.78 is 10.6.